The van der Waals surface area contributed by atoms with Gasteiger partial charge in [-0.15, -0.1) is 0 Å². The van der Waals surface area contributed by atoms with Crippen molar-refractivity contribution in [3.8, 4) is 0 Å². The van der Waals surface area contributed by atoms with Crippen molar-refractivity contribution in [2.75, 3.05) is 13.7 Å². The zero-order chi connectivity index (χ0) is 16.5. The molecule has 1 atom stereocenters. The van der Waals surface area contributed by atoms with Crippen LogP contribution in [0.3, 0.4) is 0 Å². The quantitative estimate of drug-likeness (QED) is 0.753. The van der Waals surface area contributed by atoms with Gasteiger partial charge in [0.1, 0.15) is 0 Å². The molecule has 0 fully saturated rings. The van der Waals surface area contributed by atoms with Crippen LogP contribution >= 0.6 is 0 Å². The van der Waals surface area contributed by atoms with Crippen LogP contribution in [0.15, 0.2) is 72.9 Å². The van der Waals surface area contributed by atoms with E-state index in [9.17, 15) is 5.11 Å². The topological polar surface area (TPSA) is 32.3 Å². The molecule has 0 saturated heterocycles. The van der Waals surface area contributed by atoms with Gasteiger partial charge in [0.05, 0.1) is 0 Å². The summed E-state index contributed by atoms with van der Waals surface area (Å²) >= 11 is 0. The van der Waals surface area contributed by atoms with E-state index in [1.165, 1.54) is 16.7 Å². The monoisotopic (exact) mass is 307 g/mol. The number of benzene rings is 2. The van der Waals surface area contributed by atoms with Crippen LogP contribution in [-0.2, 0) is 6.42 Å². The molecule has 2 nitrogen and oxygen atoms in total. The third kappa shape index (κ3) is 4.83. The van der Waals surface area contributed by atoms with E-state index in [4.69, 9.17) is 0 Å². The highest BCUT2D eigenvalue weighted by Crippen LogP contribution is 2.21. The molecule has 23 heavy (non-hydrogen) atoms. The van der Waals surface area contributed by atoms with Gasteiger partial charge in [-0.2, -0.15) is 0 Å². The van der Waals surface area contributed by atoms with Crippen LogP contribution in [-0.4, -0.2) is 18.8 Å². The molecule has 0 saturated carbocycles. The van der Waals surface area contributed by atoms with Gasteiger partial charge in [0.25, 0.3) is 0 Å². The third-order valence-corrected chi connectivity index (χ3v) is 3.90. The van der Waals surface area contributed by atoms with E-state index in [0.717, 1.165) is 12.0 Å². The maximum atomic E-state index is 9.41. The lowest BCUT2D eigenvalue weighted by atomic mass is 9.94. The van der Waals surface area contributed by atoms with Crippen LogP contribution in [0.1, 0.15) is 29.5 Å². The summed E-state index contributed by atoms with van der Waals surface area (Å²) in [5, 5.41) is 12.5. The van der Waals surface area contributed by atoms with Crippen molar-refractivity contribution in [1.29, 1.82) is 0 Å². The number of aliphatic hydroxyl groups is 1. The zero-order valence-electron chi connectivity index (χ0n) is 13.9. The van der Waals surface area contributed by atoms with Gasteiger partial charge in [-0.3, -0.25) is 0 Å². The molecule has 1 unspecified atom stereocenters. The Labute approximate surface area is 139 Å². The van der Waals surface area contributed by atoms with Gasteiger partial charge in [0.15, 0.2) is 0 Å². The Morgan fingerprint density at radius 3 is 2.48 bits per heavy atom. The largest absolute Gasteiger partial charge is 0.396 e. The average Bonchev–Trinajstić information content (AvgIpc) is 2.61. The molecule has 0 amide bonds. The van der Waals surface area contributed by atoms with Crippen molar-refractivity contribution < 1.29 is 5.11 Å². The zero-order valence-corrected chi connectivity index (χ0v) is 13.9. The molecule has 2 aromatic rings. The Bertz CT molecular complexity index is 659. The van der Waals surface area contributed by atoms with Gasteiger partial charge in [-0.25, -0.2) is 0 Å². The Hall–Kier alpha value is -2.32. The summed E-state index contributed by atoms with van der Waals surface area (Å²) in [6, 6.07) is 18.7. The van der Waals surface area contributed by atoms with Crippen LogP contribution in [0.2, 0.25) is 0 Å². The predicted octanol–water partition coefficient (Wildman–Crippen LogP) is 4.14. The van der Waals surface area contributed by atoms with Crippen molar-refractivity contribution in [1.82, 2.24) is 5.32 Å². The minimum Gasteiger partial charge on any atom is -0.396 e. The number of hydrogen-bond acceptors (Lipinski definition) is 2. The van der Waals surface area contributed by atoms with Gasteiger partial charge >= 0.3 is 0 Å². The highest BCUT2D eigenvalue weighted by Gasteiger charge is 2.07. The van der Waals surface area contributed by atoms with Crippen molar-refractivity contribution in [3.63, 3.8) is 0 Å². The smallest absolute Gasteiger partial charge is 0.0497 e. The molecule has 120 valence electrons. The minimum atomic E-state index is 0.168. The summed E-state index contributed by atoms with van der Waals surface area (Å²) in [6.07, 6.45) is 7.19. The summed E-state index contributed by atoms with van der Waals surface area (Å²) in [6.45, 7) is 2.23. The third-order valence-electron chi connectivity index (χ3n) is 3.90. The second kappa shape index (κ2) is 8.96. The fourth-order valence-electron chi connectivity index (χ4n) is 2.63. The summed E-state index contributed by atoms with van der Waals surface area (Å²) in [5.41, 5.74) is 4.83. The molecule has 0 heterocycles. The van der Waals surface area contributed by atoms with E-state index < -0.39 is 0 Å². The van der Waals surface area contributed by atoms with E-state index in [1.807, 2.05) is 37.5 Å². The molecular formula is C21H25NO. The number of rotatable bonds is 7. The lowest BCUT2D eigenvalue weighted by Gasteiger charge is -2.13. The average molecular weight is 307 g/mol. The van der Waals surface area contributed by atoms with E-state index >= 15 is 0 Å². The van der Waals surface area contributed by atoms with Crippen molar-refractivity contribution in [2.45, 2.75) is 19.3 Å². The minimum absolute atomic E-state index is 0.168. The predicted molar refractivity (Wildman–Crippen MR) is 98.3 cm³/mol. The van der Waals surface area contributed by atoms with Crippen molar-refractivity contribution >= 4 is 5.57 Å². The van der Waals surface area contributed by atoms with Gasteiger partial charge in [0, 0.05) is 25.8 Å². The SMILES string of the molecule is CN/C=C(\C=C/Cc1ccccc1C(C)CO)c1ccccc1. The first-order valence-electron chi connectivity index (χ1n) is 8.04. The van der Waals surface area contributed by atoms with E-state index in [-0.39, 0.29) is 12.5 Å². The summed E-state index contributed by atoms with van der Waals surface area (Å²) in [5.74, 6) is 0.168. The lowest BCUT2D eigenvalue weighted by molar-refractivity contribution is 0.272. The number of aliphatic hydroxyl groups excluding tert-OH is 1. The van der Waals surface area contributed by atoms with Crippen LogP contribution in [0.5, 0.6) is 0 Å². The van der Waals surface area contributed by atoms with Gasteiger partial charge in [-0.1, -0.05) is 73.7 Å². The van der Waals surface area contributed by atoms with Gasteiger partial charge < -0.3 is 10.4 Å². The number of nitrogens with one attached hydrogen (secondary N) is 1. The maximum Gasteiger partial charge on any atom is 0.0497 e. The molecule has 2 N–H and O–H groups in total. The van der Waals surface area contributed by atoms with Crippen molar-refractivity contribution in [2.24, 2.45) is 0 Å². The highest BCUT2D eigenvalue weighted by atomic mass is 16.3. The molecule has 0 radical (unpaired) electrons. The van der Waals surface area contributed by atoms with E-state index in [2.05, 4.69) is 54.7 Å². The Morgan fingerprint density at radius 2 is 1.78 bits per heavy atom. The van der Waals surface area contributed by atoms with Crippen molar-refractivity contribution in [3.05, 3.63) is 89.6 Å². The molecule has 0 aliphatic rings. The van der Waals surface area contributed by atoms with Gasteiger partial charge in [-0.05, 0) is 28.7 Å². The number of allylic oxidation sites excluding steroid dienone is 3. The number of hydrogen-bond donors (Lipinski definition) is 2. The fraction of sp³-hybridized carbons (Fsp3) is 0.238. The summed E-state index contributed by atoms with van der Waals surface area (Å²) < 4.78 is 0. The molecule has 0 spiro atoms. The molecule has 0 aliphatic carbocycles. The molecule has 0 aliphatic heterocycles. The highest BCUT2D eigenvalue weighted by molar-refractivity contribution is 5.73. The van der Waals surface area contributed by atoms with Crippen LogP contribution in [0.25, 0.3) is 5.57 Å². The first kappa shape index (κ1) is 17.0. The summed E-state index contributed by atoms with van der Waals surface area (Å²) in [7, 11) is 1.91. The fourth-order valence-corrected chi connectivity index (χ4v) is 2.63. The molecule has 2 rings (SSSR count). The van der Waals surface area contributed by atoms with Crippen LogP contribution < -0.4 is 5.32 Å². The van der Waals surface area contributed by atoms with Crippen LogP contribution in [0, 0.1) is 0 Å². The van der Waals surface area contributed by atoms with E-state index in [0.29, 0.717) is 0 Å². The first-order valence-corrected chi connectivity index (χ1v) is 8.04. The molecule has 0 aromatic heterocycles. The lowest BCUT2D eigenvalue weighted by Crippen LogP contribution is -2.02. The molecule has 2 heteroatoms. The standard InChI is InChI=1S/C21H25NO/c1-17(16-23)21-14-7-6-11-19(21)12-8-13-20(15-22-2)18-9-4-3-5-10-18/h3-11,13-15,17,22-23H,12,16H2,1-2H3/b13-8-,20-15+. The van der Waals surface area contributed by atoms with Crippen LogP contribution in [0.4, 0.5) is 0 Å². The first-order chi connectivity index (χ1) is 11.3. The normalized spacial score (nSPS) is 13.3. The Balaban J connectivity index is 2.16. The summed E-state index contributed by atoms with van der Waals surface area (Å²) in [4.78, 5) is 0. The second-order valence-corrected chi connectivity index (χ2v) is 5.64. The van der Waals surface area contributed by atoms with Gasteiger partial charge in [0.2, 0.25) is 0 Å². The molecule has 0 bridgehead atoms. The Morgan fingerprint density at radius 1 is 1.09 bits per heavy atom. The van der Waals surface area contributed by atoms with E-state index in [1.54, 1.807) is 0 Å². The Kier molecular flexibility index (Phi) is 6.64. The maximum absolute atomic E-state index is 9.41. The molecule has 2 aromatic carbocycles. The molecular weight excluding hydrogens is 282 g/mol. The second-order valence-electron chi connectivity index (χ2n) is 5.64.